The SMILES string of the molecule is C=CC[C@]1(C)[C@@H](O)CC[C@@]2(C)[C@H]1CCCC21OCCO1. The number of fused-ring (bicyclic) bond motifs is 2. The summed E-state index contributed by atoms with van der Waals surface area (Å²) in [6, 6.07) is 0. The number of aliphatic hydroxyl groups excluding tert-OH is 1. The van der Waals surface area contributed by atoms with Crippen molar-refractivity contribution in [3.05, 3.63) is 12.7 Å². The van der Waals surface area contributed by atoms with Gasteiger partial charge in [-0.15, -0.1) is 6.58 Å². The van der Waals surface area contributed by atoms with E-state index in [9.17, 15) is 5.11 Å². The van der Waals surface area contributed by atoms with Crippen LogP contribution in [0.2, 0.25) is 0 Å². The highest BCUT2D eigenvalue weighted by atomic mass is 16.7. The first kappa shape index (κ1) is 14.6. The van der Waals surface area contributed by atoms with E-state index in [1.165, 1.54) is 0 Å². The van der Waals surface area contributed by atoms with Crippen LogP contribution in [0.4, 0.5) is 0 Å². The smallest absolute Gasteiger partial charge is 0.174 e. The van der Waals surface area contributed by atoms with Crippen molar-refractivity contribution in [1.82, 2.24) is 0 Å². The van der Waals surface area contributed by atoms with Crippen molar-refractivity contribution in [3.8, 4) is 0 Å². The van der Waals surface area contributed by atoms with Gasteiger partial charge in [0.25, 0.3) is 0 Å². The molecule has 0 bridgehead atoms. The summed E-state index contributed by atoms with van der Waals surface area (Å²) in [4.78, 5) is 0. The molecule has 1 aliphatic heterocycles. The molecule has 20 heavy (non-hydrogen) atoms. The van der Waals surface area contributed by atoms with Gasteiger partial charge in [0.15, 0.2) is 5.79 Å². The molecule has 3 fully saturated rings. The van der Waals surface area contributed by atoms with E-state index < -0.39 is 5.79 Å². The fourth-order valence-electron chi connectivity index (χ4n) is 5.35. The Labute approximate surface area is 122 Å². The predicted octanol–water partition coefficient (Wildman–Crippen LogP) is 3.27. The van der Waals surface area contributed by atoms with Gasteiger partial charge >= 0.3 is 0 Å². The maximum Gasteiger partial charge on any atom is 0.174 e. The second-order valence-corrected chi connectivity index (χ2v) is 7.37. The summed E-state index contributed by atoms with van der Waals surface area (Å²) in [5, 5.41) is 10.6. The standard InChI is InChI=1S/C17H28O3/c1-4-8-15(2)13-6-5-9-17(19-11-12-20-17)16(13,3)10-7-14(15)18/h4,13-14,18H,1,5-12H2,2-3H3/t13-,14-,15-,16-/m0/s1. The van der Waals surface area contributed by atoms with Crippen LogP contribution in [0, 0.1) is 16.7 Å². The van der Waals surface area contributed by atoms with Crippen LogP contribution in [-0.4, -0.2) is 30.2 Å². The first-order valence-electron chi connectivity index (χ1n) is 8.05. The predicted molar refractivity (Wildman–Crippen MR) is 78.2 cm³/mol. The summed E-state index contributed by atoms with van der Waals surface area (Å²) in [7, 11) is 0. The minimum Gasteiger partial charge on any atom is -0.393 e. The van der Waals surface area contributed by atoms with Gasteiger partial charge in [-0.3, -0.25) is 0 Å². The third kappa shape index (κ3) is 1.76. The summed E-state index contributed by atoms with van der Waals surface area (Å²) in [5.74, 6) is 0.0296. The molecule has 2 aliphatic carbocycles. The van der Waals surface area contributed by atoms with Crippen molar-refractivity contribution in [1.29, 1.82) is 0 Å². The molecule has 0 aromatic heterocycles. The van der Waals surface area contributed by atoms with Gasteiger partial charge in [-0.2, -0.15) is 0 Å². The third-order valence-electron chi connectivity index (χ3n) is 6.47. The average molecular weight is 280 g/mol. The van der Waals surface area contributed by atoms with Crippen molar-refractivity contribution < 1.29 is 14.6 Å². The number of ether oxygens (including phenoxy) is 2. The highest BCUT2D eigenvalue weighted by molar-refractivity contribution is 5.11. The lowest BCUT2D eigenvalue weighted by Gasteiger charge is -2.62. The van der Waals surface area contributed by atoms with E-state index in [0.29, 0.717) is 19.1 Å². The first-order chi connectivity index (χ1) is 9.48. The molecule has 4 atom stereocenters. The molecular weight excluding hydrogens is 252 g/mol. The average Bonchev–Trinajstić information content (AvgIpc) is 2.88. The zero-order chi connectivity index (χ0) is 14.4. The molecule has 114 valence electrons. The number of hydrogen-bond donors (Lipinski definition) is 1. The molecule has 1 N–H and O–H groups in total. The van der Waals surface area contributed by atoms with Crippen LogP contribution in [0.15, 0.2) is 12.7 Å². The monoisotopic (exact) mass is 280 g/mol. The molecular formula is C17H28O3. The Morgan fingerprint density at radius 2 is 1.90 bits per heavy atom. The molecule has 1 spiro atoms. The minimum absolute atomic E-state index is 0.0126. The zero-order valence-corrected chi connectivity index (χ0v) is 12.9. The lowest BCUT2D eigenvalue weighted by molar-refractivity contribution is -0.301. The fourth-order valence-corrected chi connectivity index (χ4v) is 5.35. The first-order valence-corrected chi connectivity index (χ1v) is 8.05. The maximum atomic E-state index is 10.6. The van der Waals surface area contributed by atoms with Crippen LogP contribution in [0.3, 0.4) is 0 Å². The van der Waals surface area contributed by atoms with Crippen molar-refractivity contribution in [2.24, 2.45) is 16.7 Å². The van der Waals surface area contributed by atoms with Gasteiger partial charge in [-0.05, 0) is 38.0 Å². The van der Waals surface area contributed by atoms with Crippen LogP contribution < -0.4 is 0 Å². The Hall–Kier alpha value is -0.380. The largest absolute Gasteiger partial charge is 0.393 e. The maximum absolute atomic E-state index is 10.6. The zero-order valence-electron chi connectivity index (χ0n) is 12.9. The van der Waals surface area contributed by atoms with Crippen LogP contribution in [0.1, 0.15) is 52.4 Å². The van der Waals surface area contributed by atoms with E-state index in [1.807, 2.05) is 6.08 Å². The Kier molecular flexibility index (Phi) is 3.51. The van der Waals surface area contributed by atoms with Gasteiger partial charge < -0.3 is 14.6 Å². The summed E-state index contributed by atoms with van der Waals surface area (Å²) in [6.07, 6.45) is 7.70. The van der Waals surface area contributed by atoms with Crippen molar-refractivity contribution >= 4 is 0 Å². The van der Waals surface area contributed by atoms with Crippen LogP contribution in [-0.2, 0) is 9.47 Å². The minimum atomic E-state index is -0.404. The molecule has 0 aromatic rings. The second-order valence-electron chi connectivity index (χ2n) is 7.37. The third-order valence-corrected chi connectivity index (χ3v) is 6.47. The molecule has 1 saturated heterocycles. The van der Waals surface area contributed by atoms with Crippen molar-refractivity contribution in [2.45, 2.75) is 64.3 Å². The van der Waals surface area contributed by atoms with Crippen LogP contribution >= 0.6 is 0 Å². The van der Waals surface area contributed by atoms with E-state index in [1.54, 1.807) is 0 Å². The van der Waals surface area contributed by atoms with Gasteiger partial charge in [0.1, 0.15) is 0 Å². The molecule has 2 saturated carbocycles. The quantitative estimate of drug-likeness (QED) is 0.789. The molecule has 0 unspecified atom stereocenters. The van der Waals surface area contributed by atoms with Gasteiger partial charge in [-0.25, -0.2) is 0 Å². The number of hydrogen-bond acceptors (Lipinski definition) is 3. The lowest BCUT2D eigenvalue weighted by Crippen LogP contribution is -2.63. The van der Waals surface area contributed by atoms with Gasteiger partial charge in [0, 0.05) is 17.3 Å². The summed E-state index contributed by atoms with van der Waals surface area (Å²) >= 11 is 0. The molecule has 3 aliphatic rings. The van der Waals surface area contributed by atoms with Gasteiger partial charge in [0.05, 0.1) is 19.3 Å². The molecule has 1 heterocycles. The van der Waals surface area contributed by atoms with Crippen molar-refractivity contribution in [2.75, 3.05) is 13.2 Å². The molecule has 0 aromatic carbocycles. The number of allylic oxidation sites excluding steroid dienone is 1. The number of rotatable bonds is 2. The summed E-state index contributed by atoms with van der Waals surface area (Å²) in [6.45, 7) is 9.89. The molecule has 0 radical (unpaired) electrons. The normalized spacial score (nSPS) is 47.1. The molecule has 3 nitrogen and oxygen atoms in total. The topological polar surface area (TPSA) is 38.7 Å². The van der Waals surface area contributed by atoms with E-state index in [-0.39, 0.29) is 16.9 Å². The highest BCUT2D eigenvalue weighted by Crippen LogP contribution is 2.64. The summed E-state index contributed by atoms with van der Waals surface area (Å²) < 4.78 is 12.3. The highest BCUT2D eigenvalue weighted by Gasteiger charge is 2.64. The van der Waals surface area contributed by atoms with E-state index in [2.05, 4.69) is 20.4 Å². The lowest BCUT2D eigenvalue weighted by atomic mass is 9.47. The Morgan fingerprint density at radius 3 is 2.55 bits per heavy atom. The Bertz CT molecular complexity index is 388. The second kappa shape index (κ2) is 4.82. The molecule has 0 amide bonds. The van der Waals surface area contributed by atoms with E-state index in [0.717, 1.165) is 38.5 Å². The summed E-state index contributed by atoms with van der Waals surface area (Å²) in [5.41, 5.74) is -0.0871. The molecule has 3 heteroatoms. The number of aliphatic hydroxyl groups is 1. The van der Waals surface area contributed by atoms with Crippen molar-refractivity contribution in [3.63, 3.8) is 0 Å². The Morgan fingerprint density at radius 1 is 1.20 bits per heavy atom. The van der Waals surface area contributed by atoms with Gasteiger partial charge in [0.2, 0.25) is 0 Å². The van der Waals surface area contributed by atoms with Gasteiger partial charge in [-0.1, -0.05) is 19.9 Å². The van der Waals surface area contributed by atoms with E-state index >= 15 is 0 Å². The van der Waals surface area contributed by atoms with E-state index in [4.69, 9.17) is 9.47 Å². The van der Waals surface area contributed by atoms with Crippen LogP contribution in [0.5, 0.6) is 0 Å². The van der Waals surface area contributed by atoms with Crippen LogP contribution in [0.25, 0.3) is 0 Å². The fraction of sp³-hybridized carbons (Fsp3) is 0.882. The molecule has 3 rings (SSSR count). The Balaban J connectivity index is 2.00.